The van der Waals surface area contributed by atoms with Gasteiger partial charge in [0.1, 0.15) is 5.82 Å². The molecule has 3 aromatic rings. The second-order valence-electron chi connectivity index (χ2n) is 4.90. The van der Waals surface area contributed by atoms with Gasteiger partial charge in [-0.1, -0.05) is 35.4 Å². The van der Waals surface area contributed by atoms with Crippen LogP contribution in [0.2, 0.25) is 0 Å². The largest absolute Gasteiger partial charge is 0.272 e. The van der Waals surface area contributed by atoms with Crippen molar-refractivity contribution < 1.29 is 12.8 Å². The Bertz CT molecular complexity index is 893. The van der Waals surface area contributed by atoms with Crippen molar-refractivity contribution in [2.45, 2.75) is 11.6 Å². The van der Waals surface area contributed by atoms with Gasteiger partial charge in [-0.15, -0.1) is 0 Å². The Morgan fingerprint density at radius 2 is 1.70 bits per heavy atom. The molecule has 118 valence electrons. The summed E-state index contributed by atoms with van der Waals surface area (Å²) in [5.74, 6) is -0.518. The third-order valence-electron chi connectivity index (χ3n) is 3.29. The highest BCUT2D eigenvalue weighted by atomic mass is 32.2. The zero-order valence-electron chi connectivity index (χ0n) is 12.0. The van der Waals surface area contributed by atoms with Gasteiger partial charge in [0.25, 0.3) is 5.16 Å². The van der Waals surface area contributed by atoms with Crippen LogP contribution >= 0.6 is 0 Å². The number of aromatic nitrogens is 4. The number of para-hydroxylation sites is 1. The summed E-state index contributed by atoms with van der Waals surface area (Å²) in [6.45, 7) is 0. The topological polar surface area (TPSA) is 77.7 Å². The number of benzene rings is 2. The summed E-state index contributed by atoms with van der Waals surface area (Å²) in [5, 5.41) is 10.7. The van der Waals surface area contributed by atoms with E-state index in [1.54, 1.807) is 36.4 Å². The summed E-state index contributed by atoms with van der Waals surface area (Å²) >= 11 is 0. The van der Waals surface area contributed by atoms with Crippen LogP contribution in [0.3, 0.4) is 0 Å². The second-order valence-corrected chi connectivity index (χ2v) is 6.91. The molecule has 6 nitrogen and oxygen atoms in total. The minimum Gasteiger partial charge on any atom is -0.220 e. The zero-order chi connectivity index (χ0) is 16.3. The molecule has 3 rings (SSSR count). The molecular formula is C15H13FN4O2S. The molecule has 0 aliphatic carbocycles. The lowest BCUT2D eigenvalue weighted by Crippen LogP contribution is -2.15. The van der Waals surface area contributed by atoms with E-state index in [2.05, 4.69) is 15.5 Å². The first-order valence-corrected chi connectivity index (χ1v) is 8.52. The number of halogens is 1. The molecule has 0 fully saturated rings. The van der Waals surface area contributed by atoms with E-state index in [4.69, 9.17) is 0 Å². The first-order chi connectivity index (χ1) is 11.1. The van der Waals surface area contributed by atoms with Crippen molar-refractivity contribution in [1.29, 1.82) is 0 Å². The molecule has 8 heteroatoms. The molecule has 1 heterocycles. The molecule has 0 aliphatic rings. The predicted octanol–water partition coefficient (Wildman–Crippen LogP) is 1.82. The summed E-state index contributed by atoms with van der Waals surface area (Å²) in [7, 11) is -3.67. The Labute approximate surface area is 132 Å². The van der Waals surface area contributed by atoms with E-state index in [0.717, 1.165) is 5.56 Å². The van der Waals surface area contributed by atoms with Crippen molar-refractivity contribution in [2.75, 3.05) is 5.75 Å². The molecular weight excluding hydrogens is 319 g/mol. The van der Waals surface area contributed by atoms with E-state index in [-0.39, 0.29) is 23.1 Å². The minimum atomic E-state index is -3.67. The van der Waals surface area contributed by atoms with E-state index in [1.807, 2.05) is 6.07 Å². The molecule has 2 aromatic carbocycles. The van der Waals surface area contributed by atoms with Crippen molar-refractivity contribution in [3.05, 3.63) is 66.0 Å². The maximum absolute atomic E-state index is 12.9. The molecule has 0 atom stereocenters. The van der Waals surface area contributed by atoms with Crippen molar-refractivity contribution in [3.63, 3.8) is 0 Å². The van der Waals surface area contributed by atoms with Gasteiger partial charge < -0.3 is 0 Å². The summed E-state index contributed by atoms with van der Waals surface area (Å²) in [4.78, 5) is 0. The van der Waals surface area contributed by atoms with Gasteiger partial charge in [-0.2, -0.15) is 4.68 Å². The monoisotopic (exact) mass is 332 g/mol. The standard InChI is InChI=1S/C15H13FN4O2S/c16-13-8-6-12(7-9-13)10-11-23(21,22)15-17-18-19-20(15)14-4-2-1-3-5-14/h1-9H,10-11H2. The van der Waals surface area contributed by atoms with E-state index >= 15 is 0 Å². The van der Waals surface area contributed by atoms with E-state index < -0.39 is 9.84 Å². The fourth-order valence-electron chi connectivity index (χ4n) is 2.10. The smallest absolute Gasteiger partial charge is 0.220 e. The normalized spacial score (nSPS) is 11.5. The molecule has 0 saturated heterocycles. The van der Waals surface area contributed by atoms with Crippen molar-refractivity contribution in [2.24, 2.45) is 0 Å². The van der Waals surface area contributed by atoms with Crippen LogP contribution in [-0.2, 0) is 16.3 Å². The van der Waals surface area contributed by atoms with Crippen LogP contribution in [0.5, 0.6) is 0 Å². The summed E-state index contributed by atoms with van der Waals surface area (Å²) < 4.78 is 39.1. The fourth-order valence-corrected chi connectivity index (χ4v) is 3.35. The van der Waals surface area contributed by atoms with E-state index in [9.17, 15) is 12.8 Å². The lowest BCUT2D eigenvalue weighted by atomic mass is 10.2. The number of nitrogens with zero attached hydrogens (tertiary/aromatic N) is 4. The first kappa shape index (κ1) is 15.3. The fraction of sp³-hybridized carbons (Fsp3) is 0.133. The average molecular weight is 332 g/mol. The number of aryl methyl sites for hydroxylation is 1. The minimum absolute atomic E-state index is 0.161. The van der Waals surface area contributed by atoms with Crippen LogP contribution in [0.4, 0.5) is 4.39 Å². The summed E-state index contributed by atoms with van der Waals surface area (Å²) in [5.41, 5.74) is 1.30. The molecule has 0 spiro atoms. The Morgan fingerprint density at radius 1 is 1.00 bits per heavy atom. The predicted molar refractivity (Wildman–Crippen MR) is 81.3 cm³/mol. The average Bonchev–Trinajstić information content (AvgIpc) is 3.06. The van der Waals surface area contributed by atoms with Gasteiger partial charge in [0.05, 0.1) is 11.4 Å². The van der Waals surface area contributed by atoms with Crippen LogP contribution in [0.1, 0.15) is 5.56 Å². The highest BCUT2D eigenvalue weighted by Gasteiger charge is 2.23. The van der Waals surface area contributed by atoms with Gasteiger partial charge in [0.15, 0.2) is 0 Å². The maximum Gasteiger partial charge on any atom is 0.272 e. The van der Waals surface area contributed by atoms with Gasteiger partial charge in [-0.05, 0) is 46.7 Å². The van der Waals surface area contributed by atoms with Crippen molar-refractivity contribution in [3.8, 4) is 5.69 Å². The van der Waals surface area contributed by atoms with Crippen molar-refractivity contribution >= 4 is 9.84 Å². The molecule has 0 radical (unpaired) electrons. The number of hydrogen-bond donors (Lipinski definition) is 0. The Hall–Kier alpha value is -2.61. The van der Waals surface area contributed by atoms with Crippen LogP contribution in [0.25, 0.3) is 5.69 Å². The highest BCUT2D eigenvalue weighted by molar-refractivity contribution is 7.91. The SMILES string of the molecule is O=S(=O)(CCc1ccc(F)cc1)c1nnnn1-c1ccccc1. The second kappa shape index (κ2) is 6.25. The number of hydrogen-bond acceptors (Lipinski definition) is 5. The Balaban J connectivity index is 1.83. The number of rotatable bonds is 5. The van der Waals surface area contributed by atoms with Crippen LogP contribution in [-0.4, -0.2) is 34.4 Å². The van der Waals surface area contributed by atoms with Crippen LogP contribution in [0, 0.1) is 5.82 Å². The third kappa shape index (κ3) is 3.42. The molecule has 0 amide bonds. The van der Waals surface area contributed by atoms with Gasteiger partial charge in [0, 0.05) is 0 Å². The molecule has 0 N–H and O–H groups in total. The summed E-state index contributed by atoms with van der Waals surface area (Å²) in [6, 6.07) is 14.5. The molecule has 0 unspecified atom stereocenters. The quantitative estimate of drug-likeness (QED) is 0.712. The summed E-state index contributed by atoms with van der Waals surface area (Å²) in [6.07, 6.45) is 0.254. The van der Waals surface area contributed by atoms with Gasteiger partial charge >= 0.3 is 0 Å². The molecule has 23 heavy (non-hydrogen) atoms. The number of sulfone groups is 1. The van der Waals surface area contributed by atoms with Gasteiger partial charge in [-0.3, -0.25) is 0 Å². The van der Waals surface area contributed by atoms with E-state index in [1.165, 1.54) is 16.8 Å². The first-order valence-electron chi connectivity index (χ1n) is 6.87. The van der Waals surface area contributed by atoms with Crippen molar-refractivity contribution in [1.82, 2.24) is 20.2 Å². The van der Waals surface area contributed by atoms with Crippen LogP contribution in [0.15, 0.2) is 59.8 Å². The number of tetrazole rings is 1. The Kier molecular flexibility index (Phi) is 4.16. The molecule has 0 saturated carbocycles. The molecule has 0 bridgehead atoms. The zero-order valence-corrected chi connectivity index (χ0v) is 12.8. The third-order valence-corrected chi connectivity index (χ3v) is 4.85. The van der Waals surface area contributed by atoms with Gasteiger partial charge in [-0.25, -0.2) is 12.8 Å². The Morgan fingerprint density at radius 3 is 2.39 bits per heavy atom. The maximum atomic E-state index is 12.9. The van der Waals surface area contributed by atoms with Crippen LogP contribution < -0.4 is 0 Å². The van der Waals surface area contributed by atoms with E-state index in [0.29, 0.717) is 5.69 Å². The molecule has 0 aliphatic heterocycles. The van der Waals surface area contributed by atoms with Gasteiger partial charge in [0.2, 0.25) is 9.84 Å². The lowest BCUT2D eigenvalue weighted by Gasteiger charge is -2.06. The lowest BCUT2D eigenvalue weighted by molar-refractivity contribution is 0.579. The molecule has 1 aromatic heterocycles. The highest BCUT2D eigenvalue weighted by Crippen LogP contribution is 2.14.